The topological polar surface area (TPSA) is 80.9 Å². The molecule has 1 amide bonds. The Balaban J connectivity index is 1.28. The van der Waals surface area contributed by atoms with Gasteiger partial charge >= 0.3 is 0 Å². The molecule has 4 rings (SSSR count). The number of hydrogen-bond donors (Lipinski definition) is 2. The van der Waals surface area contributed by atoms with Crippen molar-refractivity contribution in [1.82, 2.24) is 5.32 Å². The standard InChI is InChI=1S/C24H25NO5/c1-24(2)13-18-5-3-6-21(23(18)30-24)29-15-22(27)25-14-19(26)16-8-10-17(11-9-16)20-7-4-12-28-20/h3-12,19,26H,13-15H2,1-2H3,(H,25,27). The second-order valence-electron chi connectivity index (χ2n) is 7.99. The van der Waals surface area contributed by atoms with Gasteiger partial charge in [-0.15, -0.1) is 0 Å². The predicted octanol–water partition coefficient (Wildman–Crippen LogP) is 3.89. The van der Waals surface area contributed by atoms with Crippen LogP contribution < -0.4 is 14.8 Å². The fourth-order valence-electron chi connectivity index (χ4n) is 3.54. The molecule has 3 aromatic rings. The summed E-state index contributed by atoms with van der Waals surface area (Å²) in [5.74, 6) is 1.71. The molecule has 0 saturated carbocycles. The van der Waals surface area contributed by atoms with Gasteiger partial charge in [0.2, 0.25) is 0 Å². The summed E-state index contributed by atoms with van der Waals surface area (Å²) in [6.45, 7) is 3.99. The van der Waals surface area contributed by atoms with Crippen molar-refractivity contribution in [2.24, 2.45) is 0 Å². The number of aliphatic hydroxyl groups excluding tert-OH is 1. The van der Waals surface area contributed by atoms with E-state index in [2.05, 4.69) is 5.32 Å². The Morgan fingerprint density at radius 1 is 1.17 bits per heavy atom. The van der Waals surface area contributed by atoms with Gasteiger partial charge in [-0.25, -0.2) is 0 Å². The molecule has 0 fully saturated rings. The summed E-state index contributed by atoms with van der Waals surface area (Å²) < 4.78 is 17.0. The first-order chi connectivity index (χ1) is 14.4. The third-order valence-corrected chi connectivity index (χ3v) is 5.01. The molecule has 0 saturated heterocycles. The van der Waals surface area contributed by atoms with E-state index in [9.17, 15) is 9.90 Å². The molecule has 0 bridgehead atoms. The van der Waals surface area contributed by atoms with Crippen LogP contribution in [0.4, 0.5) is 0 Å². The molecule has 2 heterocycles. The molecule has 156 valence electrons. The van der Waals surface area contributed by atoms with Crippen molar-refractivity contribution in [3.05, 3.63) is 72.0 Å². The lowest BCUT2D eigenvalue weighted by Crippen LogP contribution is -2.32. The lowest BCUT2D eigenvalue weighted by molar-refractivity contribution is -0.123. The highest BCUT2D eigenvalue weighted by Gasteiger charge is 2.32. The van der Waals surface area contributed by atoms with Gasteiger partial charge in [-0.3, -0.25) is 4.79 Å². The minimum Gasteiger partial charge on any atom is -0.483 e. The molecule has 0 spiro atoms. The van der Waals surface area contributed by atoms with Crippen molar-refractivity contribution in [2.45, 2.75) is 32.0 Å². The highest BCUT2D eigenvalue weighted by molar-refractivity contribution is 5.77. The summed E-state index contributed by atoms with van der Waals surface area (Å²) in [5.41, 5.74) is 2.43. The Hall–Kier alpha value is -3.25. The monoisotopic (exact) mass is 407 g/mol. The maximum Gasteiger partial charge on any atom is 0.258 e. The summed E-state index contributed by atoms with van der Waals surface area (Å²) in [7, 11) is 0. The smallest absolute Gasteiger partial charge is 0.258 e. The highest BCUT2D eigenvalue weighted by atomic mass is 16.5. The minimum absolute atomic E-state index is 0.0960. The molecule has 1 unspecified atom stereocenters. The Morgan fingerprint density at radius 2 is 1.97 bits per heavy atom. The van der Waals surface area contributed by atoms with Crippen molar-refractivity contribution in [2.75, 3.05) is 13.2 Å². The van der Waals surface area contributed by atoms with Gasteiger partial charge in [0, 0.05) is 24.1 Å². The van der Waals surface area contributed by atoms with Gasteiger partial charge in [-0.05, 0) is 37.6 Å². The zero-order valence-corrected chi connectivity index (χ0v) is 17.1. The van der Waals surface area contributed by atoms with E-state index in [1.54, 1.807) is 12.3 Å². The van der Waals surface area contributed by atoms with Crippen LogP contribution in [-0.4, -0.2) is 29.8 Å². The number of rotatable bonds is 7. The molecular weight excluding hydrogens is 382 g/mol. The van der Waals surface area contributed by atoms with Crippen LogP contribution in [0.1, 0.15) is 31.1 Å². The van der Waals surface area contributed by atoms with Crippen LogP contribution in [0.2, 0.25) is 0 Å². The molecule has 1 aromatic heterocycles. The minimum atomic E-state index is -0.815. The molecule has 6 nitrogen and oxygen atoms in total. The summed E-state index contributed by atoms with van der Waals surface area (Å²) in [4.78, 5) is 12.2. The molecule has 0 radical (unpaired) electrons. The molecule has 1 aliphatic heterocycles. The zero-order chi connectivity index (χ0) is 21.1. The van der Waals surface area contributed by atoms with Gasteiger partial charge in [0.15, 0.2) is 18.1 Å². The third-order valence-electron chi connectivity index (χ3n) is 5.01. The number of carbonyl (C=O) groups is 1. The average molecular weight is 407 g/mol. The van der Waals surface area contributed by atoms with E-state index in [4.69, 9.17) is 13.9 Å². The van der Waals surface area contributed by atoms with Crippen LogP contribution in [0.3, 0.4) is 0 Å². The largest absolute Gasteiger partial charge is 0.483 e. The van der Waals surface area contributed by atoms with Crippen LogP contribution in [0.15, 0.2) is 65.3 Å². The second-order valence-corrected chi connectivity index (χ2v) is 7.99. The van der Waals surface area contributed by atoms with E-state index in [0.717, 1.165) is 23.3 Å². The van der Waals surface area contributed by atoms with E-state index in [1.165, 1.54) is 0 Å². The zero-order valence-electron chi connectivity index (χ0n) is 17.1. The van der Waals surface area contributed by atoms with Crippen LogP contribution in [0, 0.1) is 0 Å². The van der Waals surface area contributed by atoms with Gasteiger partial charge in [-0.2, -0.15) is 0 Å². The lowest BCUT2D eigenvalue weighted by Gasteiger charge is -2.18. The predicted molar refractivity (Wildman–Crippen MR) is 112 cm³/mol. The number of amides is 1. The number of hydrogen-bond acceptors (Lipinski definition) is 5. The molecule has 2 aromatic carbocycles. The first kappa shape index (κ1) is 20.0. The van der Waals surface area contributed by atoms with Crippen molar-refractivity contribution in [1.29, 1.82) is 0 Å². The molecule has 1 aliphatic rings. The number of fused-ring (bicyclic) bond motifs is 1. The van der Waals surface area contributed by atoms with E-state index in [1.807, 2.05) is 62.4 Å². The lowest BCUT2D eigenvalue weighted by atomic mass is 10.0. The Morgan fingerprint density at radius 3 is 2.70 bits per heavy atom. The second kappa shape index (κ2) is 8.24. The summed E-state index contributed by atoms with van der Waals surface area (Å²) in [5, 5.41) is 13.1. The van der Waals surface area contributed by atoms with Crippen molar-refractivity contribution >= 4 is 5.91 Å². The average Bonchev–Trinajstić information content (AvgIpc) is 3.37. The van der Waals surface area contributed by atoms with Crippen LogP contribution in [0.25, 0.3) is 11.3 Å². The van der Waals surface area contributed by atoms with Gasteiger partial charge in [0.05, 0.1) is 12.4 Å². The SMILES string of the molecule is CC1(C)Cc2cccc(OCC(=O)NCC(O)c3ccc(-c4ccco4)cc3)c2O1. The first-order valence-electron chi connectivity index (χ1n) is 9.94. The quantitative estimate of drug-likeness (QED) is 0.621. The van der Waals surface area contributed by atoms with E-state index in [-0.39, 0.29) is 24.7 Å². The van der Waals surface area contributed by atoms with Crippen LogP contribution in [-0.2, 0) is 11.2 Å². The Bertz CT molecular complexity index is 1010. The van der Waals surface area contributed by atoms with E-state index in [0.29, 0.717) is 17.1 Å². The fourth-order valence-corrected chi connectivity index (χ4v) is 3.54. The normalized spacial score (nSPS) is 15.2. The summed E-state index contributed by atoms with van der Waals surface area (Å²) >= 11 is 0. The van der Waals surface area contributed by atoms with Crippen LogP contribution in [0.5, 0.6) is 11.5 Å². The van der Waals surface area contributed by atoms with E-state index < -0.39 is 6.10 Å². The molecule has 1 atom stereocenters. The Labute approximate surface area is 175 Å². The number of aliphatic hydroxyl groups is 1. The molecule has 6 heteroatoms. The molecule has 2 N–H and O–H groups in total. The summed E-state index contributed by atoms with van der Waals surface area (Å²) in [6, 6.07) is 16.8. The van der Waals surface area contributed by atoms with E-state index >= 15 is 0 Å². The molecule has 0 aliphatic carbocycles. The van der Waals surface area contributed by atoms with Gasteiger partial charge < -0.3 is 24.3 Å². The first-order valence-corrected chi connectivity index (χ1v) is 9.94. The third kappa shape index (κ3) is 4.49. The maximum atomic E-state index is 12.2. The maximum absolute atomic E-state index is 12.2. The number of carbonyl (C=O) groups excluding carboxylic acids is 1. The number of ether oxygens (including phenoxy) is 2. The molecular formula is C24H25NO5. The number of benzene rings is 2. The highest BCUT2D eigenvalue weighted by Crippen LogP contribution is 2.41. The number of nitrogens with one attached hydrogen (secondary N) is 1. The van der Waals surface area contributed by atoms with Gasteiger partial charge in [0.25, 0.3) is 5.91 Å². The fraction of sp³-hybridized carbons (Fsp3) is 0.292. The molecule has 30 heavy (non-hydrogen) atoms. The number of furan rings is 1. The van der Waals surface area contributed by atoms with Crippen molar-refractivity contribution < 1.29 is 23.8 Å². The number of para-hydroxylation sites is 1. The van der Waals surface area contributed by atoms with Gasteiger partial charge in [0.1, 0.15) is 11.4 Å². The Kier molecular flexibility index (Phi) is 5.50. The van der Waals surface area contributed by atoms with Crippen molar-refractivity contribution in [3.63, 3.8) is 0 Å². The summed E-state index contributed by atoms with van der Waals surface area (Å²) in [6.07, 6.45) is 1.60. The van der Waals surface area contributed by atoms with Gasteiger partial charge in [-0.1, -0.05) is 36.4 Å². The van der Waals surface area contributed by atoms with Crippen LogP contribution >= 0.6 is 0 Å². The van der Waals surface area contributed by atoms with Crippen molar-refractivity contribution in [3.8, 4) is 22.8 Å².